The van der Waals surface area contributed by atoms with Gasteiger partial charge < -0.3 is 15.2 Å². The number of aromatic nitrogens is 3. The van der Waals surface area contributed by atoms with Crippen molar-refractivity contribution < 1.29 is 14.1 Å². The Morgan fingerprint density at radius 2 is 1.89 bits per heavy atom. The Hall–Kier alpha value is -3.42. The standard InChI is InChI=1S/C19H21N5O3/c1-12-18(13(2)27-23-12)21-19(26)15-11-16(24(3)22-15)20-17(25)10-9-14-7-5-4-6-8-14/h4-8,11H,9-10H2,1-3H3,(H,20,25)(H,21,26). The maximum atomic E-state index is 12.4. The molecule has 2 amide bonds. The molecule has 0 saturated heterocycles. The fraction of sp³-hybridized carbons (Fsp3) is 0.263. The SMILES string of the molecule is Cc1noc(C)c1NC(=O)c1cc(NC(=O)CCc2ccccc2)n(C)n1. The second-order valence-corrected chi connectivity index (χ2v) is 6.23. The van der Waals surface area contributed by atoms with E-state index in [4.69, 9.17) is 4.52 Å². The molecule has 0 bridgehead atoms. The molecule has 0 fully saturated rings. The van der Waals surface area contributed by atoms with Crippen molar-refractivity contribution in [1.82, 2.24) is 14.9 Å². The van der Waals surface area contributed by atoms with E-state index in [1.807, 2.05) is 30.3 Å². The van der Waals surface area contributed by atoms with Gasteiger partial charge in [0.1, 0.15) is 17.2 Å². The molecule has 27 heavy (non-hydrogen) atoms. The minimum Gasteiger partial charge on any atom is -0.359 e. The number of amides is 2. The molecule has 0 saturated carbocycles. The van der Waals surface area contributed by atoms with Gasteiger partial charge in [0.2, 0.25) is 5.91 Å². The highest BCUT2D eigenvalue weighted by molar-refractivity contribution is 6.04. The normalized spacial score (nSPS) is 10.6. The largest absolute Gasteiger partial charge is 0.359 e. The van der Waals surface area contributed by atoms with Crippen molar-refractivity contribution in [3.63, 3.8) is 0 Å². The molecular weight excluding hydrogens is 346 g/mol. The molecule has 0 aliphatic rings. The summed E-state index contributed by atoms with van der Waals surface area (Å²) in [6, 6.07) is 11.3. The molecule has 140 valence electrons. The molecule has 0 atom stereocenters. The molecular formula is C19H21N5O3. The van der Waals surface area contributed by atoms with Crippen molar-refractivity contribution in [1.29, 1.82) is 0 Å². The molecule has 8 heteroatoms. The summed E-state index contributed by atoms with van der Waals surface area (Å²) in [6.45, 7) is 3.45. The van der Waals surface area contributed by atoms with Crippen LogP contribution in [0.2, 0.25) is 0 Å². The first-order chi connectivity index (χ1) is 12.9. The number of rotatable bonds is 6. The predicted octanol–water partition coefficient (Wildman–Crippen LogP) is 2.85. The van der Waals surface area contributed by atoms with Gasteiger partial charge in [0, 0.05) is 19.5 Å². The van der Waals surface area contributed by atoms with Crippen molar-refractivity contribution in [2.75, 3.05) is 10.6 Å². The molecule has 0 unspecified atom stereocenters. The Balaban J connectivity index is 1.62. The lowest BCUT2D eigenvalue weighted by Gasteiger charge is -2.05. The Morgan fingerprint density at radius 1 is 1.15 bits per heavy atom. The van der Waals surface area contributed by atoms with Crippen LogP contribution in [0, 0.1) is 13.8 Å². The van der Waals surface area contributed by atoms with Gasteiger partial charge in [0.05, 0.1) is 0 Å². The van der Waals surface area contributed by atoms with Crippen LogP contribution in [0.15, 0.2) is 40.9 Å². The Labute approximate surface area is 156 Å². The van der Waals surface area contributed by atoms with Crippen LogP contribution in [0.3, 0.4) is 0 Å². The smallest absolute Gasteiger partial charge is 0.276 e. The van der Waals surface area contributed by atoms with Crippen LogP contribution in [0.25, 0.3) is 0 Å². The maximum absolute atomic E-state index is 12.4. The number of hydrogen-bond acceptors (Lipinski definition) is 5. The second kappa shape index (κ2) is 7.86. The molecule has 0 spiro atoms. The lowest BCUT2D eigenvalue weighted by Crippen LogP contribution is -2.14. The minimum atomic E-state index is -0.398. The molecule has 8 nitrogen and oxygen atoms in total. The molecule has 3 rings (SSSR count). The van der Waals surface area contributed by atoms with E-state index in [1.165, 1.54) is 10.7 Å². The van der Waals surface area contributed by atoms with E-state index >= 15 is 0 Å². The molecule has 3 aromatic rings. The highest BCUT2D eigenvalue weighted by Crippen LogP contribution is 2.20. The predicted molar refractivity (Wildman–Crippen MR) is 101 cm³/mol. The third kappa shape index (κ3) is 4.41. The summed E-state index contributed by atoms with van der Waals surface area (Å²) < 4.78 is 6.49. The highest BCUT2D eigenvalue weighted by Gasteiger charge is 2.18. The molecule has 2 heterocycles. The number of nitrogens with zero attached hydrogens (tertiary/aromatic N) is 3. The monoisotopic (exact) mass is 367 g/mol. The van der Waals surface area contributed by atoms with Crippen LogP contribution in [0.4, 0.5) is 11.5 Å². The summed E-state index contributed by atoms with van der Waals surface area (Å²) in [7, 11) is 1.67. The fourth-order valence-electron chi connectivity index (χ4n) is 2.64. The van der Waals surface area contributed by atoms with Crippen molar-refractivity contribution in [2.24, 2.45) is 7.05 Å². The molecule has 2 aromatic heterocycles. The van der Waals surface area contributed by atoms with Crippen LogP contribution in [0.1, 0.15) is 33.9 Å². The minimum absolute atomic E-state index is 0.139. The van der Waals surface area contributed by atoms with Gasteiger partial charge in [-0.15, -0.1) is 0 Å². The topological polar surface area (TPSA) is 102 Å². The zero-order valence-electron chi connectivity index (χ0n) is 15.4. The first-order valence-electron chi connectivity index (χ1n) is 8.56. The third-order valence-corrected chi connectivity index (χ3v) is 4.14. The van der Waals surface area contributed by atoms with Crippen LogP contribution in [0.5, 0.6) is 0 Å². The zero-order valence-corrected chi connectivity index (χ0v) is 15.4. The number of benzene rings is 1. The number of hydrogen-bond donors (Lipinski definition) is 2. The number of carbonyl (C=O) groups excluding carboxylic acids is 2. The van der Waals surface area contributed by atoms with Gasteiger partial charge in [0.25, 0.3) is 5.91 Å². The van der Waals surface area contributed by atoms with Crippen LogP contribution < -0.4 is 10.6 Å². The lowest BCUT2D eigenvalue weighted by molar-refractivity contribution is -0.116. The molecule has 0 aliphatic heterocycles. The summed E-state index contributed by atoms with van der Waals surface area (Å²) in [5, 5.41) is 13.5. The van der Waals surface area contributed by atoms with Gasteiger partial charge in [-0.1, -0.05) is 35.5 Å². The van der Waals surface area contributed by atoms with E-state index in [2.05, 4.69) is 20.9 Å². The number of anilines is 2. The average Bonchev–Trinajstić information content (AvgIpc) is 3.18. The first-order valence-corrected chi connectivity index (χ1v) is 8.56. The lowest BCUT2D eigenvalue weighted by atomic mass is 10.1. The first kappa shape index (κ1) is 18.4. The van der Waals surface area contributed by atoms with Crippen molar-refractivity contribution in [3.05, 3.63) is 59.1 Å². The van der Waals surface area contributed by atoms with E-state index in [0.29, 0.717) is 35.8 Å². The van der Waals surface area contributed by atoms with Gasteiger partial charge in [-0.05, 0) is 25.8 Å². The van der Waals surface area contributed by atoms with Gasteiger partial charge in [-0.3, -0.25) is 14.3 Å². The summed E-state index contributed by atoms with van der Waals surface area (Å²) in [5.41, 5.74) is 2.40. The van der Waals surface area contributed by atoms with E-state index < -0.39 is 5.91 Å². The summed E-state index contributed by atoms with van der Waals surface area (Å²) in [5.74, 6) is 0.438. The second-order valence-electron chi connectivity index (χ2n) is 6.23. The van der Waals surface area contributed by atoms with Gasteiger partial charge in [-0.25, -0.2) is 0 Å². The number of aryl methyl sites for hydroxylation is 4. The Bertz CT molecular complexity index is 940. The highest BCUT2D eigenvalue weighted by atomic mass is 16.5. The number of nitrogens with one attached hydrogen (secondary N) is 2. The van der Waals surface area contributed by atoms with Gasteiger partial charge >= 0.3 is 0 Å². The molecule has 0 radical (unpaired) electrons. The maximum Gasteiger partial charge on any atom is 0.276 e. The van der Waals surface area contributed by atoms with Crippen LogP contribution in [-0.2, 0) is 18.3 Å². The number of carbonyl (C=O) groups is 2. The Kier molecular flexibility index (Phi) is 5.35. The van der Waals surface area contributed by atoms with Crippen molar-refractivity contribution in [3.8, 4) is 0 Å². The van der Waals surface area contributed by atoms with Crippen LogP contribution in [-0.4, -0.2) is 26.8 Å². The molecule has 1 aromatic carbocycles. The quantitative estimate of drug-likeness (QED) is 0.697. The van der Waals surface area contributed by atoms with Gasteiger partial charge in [0.15, 0.2) is 11.5 Å². The zero-order chi connectivity index (χ0) is 19.4. The summed E-state index contributed by atoms with van der Waals surface area (Å²) in [6.07, 6.45) is 0.986. The average molecular weight is 367 g/mol. The summed E-state index contributed by atoms with van der Waals surface area (Å²) in [4.78, 5) is 24.6. The van der Waals surface area contributed by atoms with E-state index in [0.717, 1.165) is 5.56 Å². The fourth-order valence-corrected chi connectivity index (χ4v) is 2.64. The molecule has 2 N–H and O–H groups in total. The van der Waals surface area contributed by atoms with Crippen molar-refractivity contribution in [2.45, 2.75) is 26.7 Å². The molecule has 0 aliphatic carbocycles. The van der Waals surface area contributed by atoms with E-state index in [1.54, 1.807) is 20.9 Å². The van der Waals surface area contributed by atoms with Crippen molar-refractivity contribution >= 4 is 23.3 Å². The van der Waals surface area contributed by atoms with E-state index in [-0.39, 0.29) is 11.6 Å². The van der Waals surface area contributed by atoms with Gasteiger partial charge in [-0.2, -0.15) is 5.10 Å². The van der Waals surface area contributed by atoms with Crippen LogP contribution >= 0.6 is 0 Å². The Morgan fingerprint density at radius 3 is 2.56 bits per heavy atom. The van der Waals surface area contributed by atoms with E-state index in [9.17, 15) is 9.59 Å². The summed E-state index contributed by atoms with van der Waals surface area (Å²) >= 11 is 0. The third-order valence-electron chi connectivity index (χ3n) is 4.14.